The average Bonchev–Trinajstić information content (AvgIpc) is 2.91. The van der Waals surface area contributed by atoms with E-state index >= 15 is 0 Å². The summed E-state index contributed by atoms with van der Waals surface area (Å²) >= 11 is 1.22. The summed E-state index contributed by atoms with van der Waals surface area (Å²) in [6, 6.07) is 0.272. The number of hydrogen-bond acceptors (Lipinski definition) is 4. The number of carbonyl (C=O) groups is 1. The first-order valence-corrected chi connectivity index (χ1v) is 7.47. The molecule has 7 heteroatoms. The van der Waals surface area contributed by atoms with Gasteiger partial charge in [0.05, 0.1) is 0 Å². The minimum Gasteiger partial charge on any atom is -0.337 e. The van der Waals surface area contributed by atoms with Gasteiger partial charge in [-0.05, 0) is 33.7 Å². The molecule has 1 fully saturated rings. The van der Waals surface area contributed by atoms with Crippen molar-refractivity contribution in [1.82, 2.24) is 14.8 Å². The predicted molar refractivity (Wildman–Crippen MR) is 84.0 cm³/mol. The van der Waals surface area contributed by atoms with Gasteiger partial charge in [0.1, 0.15) is 6.54 Å². The highest BCUT2D eigenvalue weighted by atomic mass is 35.5. The van der Waals surface area contributed by atoms with Crippen molar-refractivity contribution in [2.75, 3.05) is 20.1 Å². The number of amides is 1. The maximum atomic E-state index is 12.4. The van der Waals surface area contributed by atoms with Crippen molar-refractivity contribution in [2.45, 2.75) is 39.3 Å². The van der Waals surface area contributed by atoms with Gasteiger partial charge in [0, 0.05) is 29.7 Å². The van der Waals surface area contributed by atoms with E-state index in [1.807, 2.05) is 25.8 Å². The van der Waals surface area contributed by atoms with Crippen LogP contribution in [0.2, 0.25) is 0 Å². The molecule has 0 spiro atoms. The number of likely N-dealkylation sites (N-methyl/N-ethyl adjacent to an activating group) is 1. The van der Waals surface area contributed by atoms with Crippen LogP contribution in [0, 0.1) is 13.8 Å². The van der Waals surface area contributed by atoms with Crippen LogP contribution >= 0.6 is 23.7 Å². The lowest BCUT2D eigenvalue weighted by Gasteiger charge is -2.24. The first kappa shape index (κ1) is 17.2. The fraction of sp³-hybridized carbons (Fsp3) is 0.692. The highest BCUT2D eigenvalue weighted by Crippen LogP contribution is 2.18. The first-order valence-electron chi connectivity index (χ1n) is 6.65. The Morgan fingerprint density at radius 2 is 2.15 bits per heavy atom. The molecule has 0 radical (unpaired) electrons. The third-order valence-corrected chi connectivity index (χ3v) is 4.80. The maximum Gasteiger partial charge on any atom is 0.308 e. The van der Waals surface area contributed by atoms with Crippen LogP contribution in [0.3, 0.4) is 0 Å². The highest BCUT2D eigenvalue weighted by Gasteiger charge is 2.28. The van der Waals surface area contributed by atoms with Gasteiger partial charge >= 0.3 is 4.87 Å². The standard InChI is InChI=1S/C13H21N3O2S.ClH/c1-9-10(2)19-13(18)16(9)8-12(17)15-6-4-5-11(15)7-14-3;/h11,14H,4-8H2,1-3H3;1H. The molecule has 1 atom stereocenters. The SMILES string of the molecule is CNCC1CCCN1C(=O)Cn1c(C)c(C)sc1=O.Cl. The number of nitrogens with zero attached hydrogens (tertiary/aromatic N) is 2. The Labute approximate surface area is 129 Å². The first-order chi connectivity index (χ1) is 9.04. The van der Waals surface area contributed by atoms with E-state index in [1.165, 1.54) is 11.3 Å². The van der Waals surface area contributed by atoms with E-state index in [0.29, 0.717) is 0 Å². The van der Waals surface area contributed by atoms with Gasteiger partial charge in [0.25, 0.3) is 0 Å². The van der Waals surface area contributed by atoms with E-state index in [4.69, 9.17) is 0 Å². The van der Waals surface area contributed by atoms with Gasteiger partial charge < -0.3 is 10.2 Å². The maximum absolute atomic E-state index is 12.4. The van der Waals surface area contributed by atoms with Crippen LogP contribution in [-0.4, -0.2) is 41.6 Å². The Hall–Kier alpha value is -0.850. The van der Waals surface area contributed by atoms with Gasteiger partial charge in [-0.25, -0.2) is 0 Å². The van der Waals surface area contributed by atoms with Crippen molar-refractivity contribution < 1.29 is 4.79 Å². The second kappa shape index (κ2) is 7.24. The number of nitrogens with one attached hydrogen (secondary N) is 1. The Kier molecular flexibility index (Phi) is 6.23. The van der Waals surface area contributed by atoms with Gasteiger partial charge in [-0.1, -0.05) is 11.3 Å². The summed E-state index contributed by atoms with van der Waals surface area (Å²) < 4.78 is 1.59. The summed E-state index contributed by atoms with van der Waals surface area (Å²) in [4.78, 5) is 27.0. The van der Waals surface area contributed by atoms with E-state index in [2.05, 4.69) is 5.32 Å². The number of likely N-dealkylation sites (tertiary alicyclic amines) is 1. The third kappa shape index (κ3) is 3.42. The topological polar surface area (TPSA) is 54.3 Å². The number of hydrogen-bond donors (Lipinski definition) is 1. The molecular weight excluding hydrogens is 298 g/mol. The molecule has 1 unspecified atom stereocenters. The van der Waals surface area contributed by atoms with Crippen LogP contribution in [0.4, 0.5) is 0 Å². The van der Waals surface area contributed by atoms with Gasteiger partial charge in [-0.15, -0.1) is 12.4 Å². The zero-order chi connectivity index (χ0) is 14.0. The molecule has 1 aromatic rings. The molecule has 20 heavy (non-hydrogen) atoms. The van der Waals surface area contributed by atoms with Gasteiger partial charge in [-0.3, -0.25) is 14.2 Å². The van der Waals surface area contributed by atoms with Crippen LogP contribution in [0.15, 0.2) is 4.79 Å². The second-order valence-electron chi connectivity index (χ2n) is 5.04. The Bertz CT molecular complexity index is 526. The second-order valence-corrected chi connectivity index (χ2v) is 6.20. The van der Waals surface area contributed by atoms with Crippen LogP contribution in [-0.2, 0) is 11.3 Å². The predicted octanol–water partition coefficient (Wildman–Crippen LogP) is 1.16. The van der Waals surface area contributed by atoms with E-state index < -0.39 is 0 Å². The molecule has 2 heterocycles. The number of aryl methyl sites for hydroxylation is 1. The lowest BCUT2D eigenvalue weighted by molar-refractivity contribution is -0.132. The minimum atomic E-state index is -0.0345. The molecule has 1 N–H and O–H groups in total. The zero-order valence-corrected chi connectivity index (χ0v) is 13.8. The normalized spacial score (nSPS) is 18.1. The van der Waals surface area contributed by atoms with E-state index in [-0.39, 0.29) is 35.8 Å². The molecule has 1 amide bonds. The van der Waals surface area contributed by atoms with Crippen LogP contribution < -0.4 is 10.2 Å². The molecule has 0 aromatic carbocycles. The molecule has 0 aliphatic carbocycles. The monoisotopic (exact) mass is 319 g/mol. The fourth-order valence-corrected chi connectivity index (χ4v) is 3.44. The van der Waals surface area contributed by atoms with Crippen LogP contribution in [0.25, 0.3) is 0 Å². The molecule has 1 aliphatic heterocycles. The molecule has 0 bridgehead atoms. The number of halogens is 1. The highest BCUT2D eigenvalue weighted by molar-refractivity contribution is 7.09. The molecular formula is C13H22ClN3O2S. The summed E-state index contributed by atoms with van der Waals surface area (Å²) in [6.07, 6.45) is 2.09. The number of rotatable bonds is 4. The quantitative estimate of drug-likeness (QED) is 0.906. The smallest absolute Gasteiger partial charge is 0.308 e. The molecule has 114 valence electrons. The molecule has 0 saturated carbocycles. The van der Waals surface area contributed by atoms with Gasteiger partial charge in [0.15, 0.2) is 0 Å². The lowest BCUT2D eigenvalue weighted by Crippen LogP contribution is -2.43. The third-order valence-electron chi connectivity index (χ3n) is 3.81. The number of carbonyl (C=O) groups excluding carboxylic acids is 1. The number of thiazole rings is 1. The lowest BCUT2D eigenvalue weighted by atomic mass is 10.2. The van der Waals surface area contributed by atoms with Crippen molar-refractivity contribution in [3.8, 4) is 0 Å². The van der Waals surface area contributed by atoms with E-state index in [9.17, 15) is 9.59 Å². The van der Waals surface area contributed by atoms with E-state index in [1.54, 1.807) is 4.57 Å². The summed E-state index contributed by atoms with van der Waals surface area (Å²) in [7, 11) is 1.90. The summed E-state index contributed by atoms with van der Waals surface area (Å²) in [5.41, 5.74) is 0.910. The summed E-state index contributed by atoms with van der Waals surface area (Å²) in [6.45, 7) is 5.62. The summed E-state index contributed by atoms with van der Waals surface area (Å²) in [5, 5.41) is 3.12. The largest absolute Gasteiger partial charge is 0.337 e. The van der Waals surface area contributed by atoms with Gasteiger partial charge in [-0.2, -0.15) is 0 Å². The molecule has 5 nitrogen and oxygen atoms in total. The Morgan fingerprint density at radius 1 is 1.45 bits per heavy atom. The fourth-order valence-electron chi connectivity index (χ4n) is 2.61. The van der Waals surface area contributed by atoms with Crippen molar-refractivity contribution >= 4 is 29.7 Å². The van der Waals surface area contributed by atoms with Crippen LogP contribution in [0.1, 0.15) is 23.4 Å². The number of aromatic nitrogens is 1. The molecule has 2 rings (SSSR count). The van der Waals surface area contributed by atoms with Crippen LogP contribution in [0.5, 0.6) is 0 Å². The molecule has 1 aliphatic rings. The van der Waals surface area contributed by atoms with Crippen molar-refractivity contribution in [3.63, 3.8) is 0 Å². The van der Waals surface area contributed by atoms with Crippen molar-refractivity contribution in [2.24, 2.45) is 0 Å². The summed E-state index contributed by atoms with van der Waals surface area (Å²) in [5.74, 6) is 0.0563. The zero-order valence-electron chi connectivity index (χ0n) is 12.1. The van der Waals surface area contributed by atoms with Gasteiger partial charge in [0.2, 0.25) is 5.91 Å². The molecule has 1 saturated heterocycles. The Morgan fingerprint density at radius 3 is 2.70 bits per heavy atom. The average molecular weight is 320 g/mol. The Balaban J connectivity index is 0.00000200. The minimum absolute atomic E-state index is 0. The van der Waals surface area contributed by atoms with E-state index in [0.717, 1.165) is 36.5 Å². The molecule has 1 aromatic heterocycles. The van der Waals surface area contributed by atoms with Crippen molar-refractivity contribution in [3.05, 3.63) is 20.2 Å². The van der Waals surface area contributed by atoms with Crippen molar-refractivity contribution in [1.29, 1.82) is 0 Å².